The van der Waals surface area contributed by atoms with E-state index in [4.69, 9.17) is 11.6 Å². The number of nitro benzene ring substituents is 1. The number of nitrogens with zero attached hydrogens (tertiary/aromatic N) is 4. The van der Waals surface area contributed by atoms with Crippen LogP contribution in [0.3, 0.4) is 0 Å². The van der Waals surface area contributed by atoms with Gasteiger partial charge < -0.3 is 0 Å². The summed E-state index contributed by atoms with van der Waals surface area (Å²) >= 11 is 5.93. The van der Waals surface area contributed by atoms with E-state index in [2.05, 4.69) is 20.3 Å². The second-order valence-electron chi connectivity index (χ2n) is 7.17. The van der Waals surface area contributed by atoms with Crippen LogP contribution in [0.25, 0.3) is 6.08 Å². The molecule has 0 unspecified atom stereocenters. The highest BCUT2D eigenvalue weighted by atomic mass is 35.5. The number of allylic oxidation sites excluding steroid dienone is 1. The third-order valence-electron chi connectivity index (χ3n) is 4.91. The van der Waals surface area contributed by atoms with Crippen LogP contribution in [0.15, 0.2) is 59.7 Å². The zero-order chi connectivity index (χ0) is 22.1. The van der Waals surface area contributed by atoms with Gasteiger partial charge in [-0.1, -0.05) is 35.9 Å². The van der Waals surface area contributed by atoms with Crippen LogP contribution in [-0.4, -0.2) is 59.6 Å². The maximum absolute atomic E-state index is 12.1. The normalized spacial score (nSPS) is 15.5. The number of amides is 1. The first-order valence-corrected chi connectivity index (χ1v) is 10.3. The van der Waals surface area contributed by atoms with Crippen LogP contribution in [0.5, 0.6) is 0 Å². The van der Waals surface area contributed by atoms with Crippen molar-refractivity contribution in [1.29, 1.82) is 0 Å². The van der Waals surface area contributed by atoms with Crippen molar-refractivity contribution in [1.82, 2.24) is 15.2 Å². The molecule has 0 atom stereocenters. The van der Waals surface area contributed by atoms with Crippen LogP contribution >= 0.6 is 11.6 Å². The number of carbonyl (C=O) groups is 1. The Morgan fingerprint density at radius 2 is 1.77 bits per heavy atom. The molecule has 0 bridgehead atoms. The summed E-state index contributed by atoms with van der Waals surface area (Å²) in [7, 11) is 0. The second-order valence-corrected chi connectivity index (χ2v) is 7.60. The van der Waals surface area contributed by atoms with Gasteiger partial charge in [-0.05, 0) is 35.9 Å². The molecule has 1 fully saturated rings. The smallest absolute Gasteiger partial charge is 0.276 e. The first kappa shape index (κ1) is 22.6. The molecule has 0 saturated carbocycles. The Labute approximate surface area is 185 Å². The van der Waals surface area contributed by atoms with Crippen LogP contribution < -0.4 is 5.43 Å². The van der Waals surface area contributed by atoms with Crippen molar-refractivity contribution >= 4 is 35.5 Å². The summed E-state index contributed by atoms with van der Waals surface area (Å²) in [4.78, 5) is 27.1. The molecule has 1 N–H and O–H groups in total. The van der Waals surface area contributed by atoms with Crippen molar-refractivity contribution in [3.05, 3.63) is 80.9 Å². The van der Waals surface area contributed by atoms with E-state index in [0.29, 0.717) is 5.56 Å². The minimum Gasteiger partial charge on any atom is -0.297 e. The topological polar surface area (TPSA) is 91.1 Å². The van der Waals surface area contributed by atoms with Crippen molar-refractivity contribution in [2.24, 2.45) is 5.10 Å². The number of piperazine rings is 1. The quantitative estimate of drug-likeness (QED) is 0.386. The Bertz CT molecular complexity index is 954. The Kier molecular flexibility index (Phi) is 8.28. The number of para-hydroxylation sites is 1. The lowest BCUT2D eigenvalue weighted by Crippen LogP contribution is -2.48. The van der Waals surface area contributed by atoms with E-state index < -0.39 is 4.92 Å². The molecule has 31 heavy (non-hydrogen) atoms. The van der Waals surface area contributed by atoms with Gasteiger partial charge in [0.1, 0.15) is 0 Å². The monoisotopic (exact) mass is 441 g/mol. The molecular formula is C22H24ClN5O3. The number of benzene rings is 2. The maximum atomic E-state index is 12.1. The lowest BCUT2D eigenvalue weighted by atomic mass is 10.2. The molecule has 9 heteroatoms. The van der Waals surface area contributed by atoms with Crippen LogP contribution in [0.2, 0.25) is 5.02 Å². The number of nitrogens with one attached hydrogen (secondary N) is 1. The lowest BCUT2D eigenvalue weighted by Gasteiger charge is -2.34. The van der Waals surface area contributed by atoms with E-state index in [-0.39, 0.29) is 18.1 Å². The van der Waals surface area contributed by atoms with E-state index in [0.717, 1.165) is 37.7 Å². The Hall–Kier alpha value is -3.07. The van der Waals surface area contributed by atoms with Gasteiger partial charge in [0.25, 0.3) is 11.6 Å². The Morgan fingerprint density at radius 3 is 2.48 bits per heavy atom. The third kappa shape index (κ3) is 7.29. The molecule has 0 spiro atoms. The fraction of sp³-hybridized carbons (Fsp3) is 0.273. The van der Waals surface area contributed by atoms with Gasteiger partial charge in [0, 0.05) is 50.0 Å². The summed E-state index contributed by atoms with van der Waals surface area (Å²) in [5, 5.41) is 15.6. The minimum atomic E-state index is -0.437. The Morgan fingerprint density at radius 1 is 1.10 bits per heavy atom. The van der Waals surface area contributed by atoms with Crippen LogP contribution in [-0.2, 0) is 11.3 Å². The lowest BCUT2D eigenvalue weighted by molar-refractivity contribution is -0.385. The number of carbonyl (C=O) groups excluding carboxylic acids is 1. The predicted molar refractivity (Wildman–Crippen MR) is 122 cm³/mol. The van der Waals surface area contributed by atoms with Gasteiger partial charge in [-0.15, -0.1) is 0 Å². The molecule has 3 rings (SSSR count). The average molecular weight is 442 g/mol. The first-order chi connectivity index (χ1) is 15.0. The fourth-order valence-corrected chi connectivity index (χ4v) is 3.41. The first-order valence-electron chi connectivity index (χ1n) is 9.92. The molecule has 1 aliphatic rings. The van der Waals surface area contributed by atoms with Crippen molar-refractivity contribution in [3.63, 3.8) is 0 Å². The highest BCUT2D eigenvalue weighted by Crippen LogP contribution is 2.18. The number of nitro groups is 1. The van der Waals surface area contributed by atoms with E-state index in [1.54, 1.807) is 30.4 Å². The second kappa shape index (κ2) is 11.4. The molecule has 2 aromatic rings. The minimum absolute atomic E-state index is 0.0198. The van der Waals surface area contributed by atoms with Gasteiger partial charge in [0.2, 0.25) is 0 Å². The molecule has 8 nitrogen and oxygen atoms in total. The molecule has 2 aromatic carbocycles. The zero-order valence-electron chi connectivity index (χ0n) is 17.0. The van der Waals surface area contributed by atoms with Gasteiger partial charge in [-0.25, -0.2) is 5.43 Å². The fourth-order valence-electron chi connectivity index (χ4n) is 3.29. The number of hydrogen-bond acceptors (Lipinski definition) is 6. The Balaban J connectivity index is 1.37. The highest BCUT2D eigenvalue weighted by molar-refractivity contribution is 6.30. The molecule has 0 aromatic heterocycles. The van der Waals surface area contributed by atoms with Crippen LogP contribution in [0, 0.1) is 10.1 Å². The number of rotatable bonds is 8. The van der Waals surface area contributed by atoms with Gasteiger partial charge in [-0.2, -0.15) is 5.10 Å². The van der Waals surface area contributed by atoms with Gasteiger partial charge in [-0.3, -0.25) is 24.7 Å². The van der Waals surface area contributed by atoms with Crippen molar-refractivity contribution in [3.8, 4) is 0 Å². The molecular weight excluding hydrogens is 418 g/mol. The predicted octanol–water partition coefficient (Wildman–Crippen LogP) is 3.18. The number of halogens is 1. The zero-order valence-corrected chi connectivity index (χ0v) is 17.7. The highest BCUT2D eigenvalue weighted by Gasteiger charge is 2.18. The van der Waals surface area contributed by atoms with E-state index in [1.165, 1.54) is 17.8 Å². The summed E-state index contributed by atoms with van der Waals surface area (Å²) in [6.07, 6.45) is 4.53. The van der Waals surface area contributed by atoms with Crippen LogP contribution in [0.1, 0.15) is 11.1 Å². The molecule has 1 amide bonds. The van der Waals surface area contributed by atoms with Crippen molar-refractivity contribution in [2.75, 3.05) is 32.7 Å². The standard InChI is InChI=1S/C22H24ClN5O3/c23-20-9-7-18(8-10-20)16-26-12-14-27(15-13-26)17-22(29)25-24-11-3-5-19-4-1-2-6-21(19)28(30)31/h1-11H,12-17H2,(H,25,29)/b5-3-,24-11-. The van der Waals surface area contributed by atoms with Crippen molar-refractivity contribution < 1.29 is 9.72 Å². The van der Waals surface area contributed by atoms with E-state index >= 15 is 0 Å². The molecule has 162 valence electrons. The molecule has 0 radical (unpaired) electrons. The third-order valence-corrected chi connectivity index (χ3v) is 5.16. The van der Waals surface area contributed by atoms with Gasteiger partial charge in [0.15, 0.2) is 0 Å². The van der Waals surface area contributed by atoms with Crippen LogP contribution in [0.4, 0.5) is 5.69 Å². The number of hydrogen-bond donors (Lipinski definition) is 1. The van der Waals surface area contributed by atoms with Gasteiger partial charge in [0.05, 0.1) is 17.0 Å². The molecule has 0 aliphatic carbocycles. The molecule has 1 saturated heterocycles. The number of hydrazone groups is 1. The largest absolute Gasteiger partial charge is 0.297 e. The average Bonchev–Trinajstić information content (AvgIpc) is 2.76. The molecule has 1 heterocycles. The summed E-state index contributed by atoms with van der Waals surface area (Å²) in [6, 6.07) is 14.3. The van der Waals surface area contributed by atoms with E-state index in [9.17, 15) is 14.9 Å². The molecule has 1 aliphatic heterocycles. The van der Waals surface area contributed by atoms with E-state index in [1.807, 2.05) is 24.3 Å². The van der Waals surface area contributed by atoms with Crippen molar-refractivity contribution in [2.45, 2.75) is 6.54 Å². The van der Waals surface area contributed by atoms with Gasteiger partial charge >= 0.3 is 0 Å². The summed E-state index contributed by atoms with van der Waals surface area (Å²) < 4.78 is 0. The SMILES string of the molecule is O=C(CN1CCN(Cc2ccc(Cl)cc2)CC1)N/N=C\C=C/c1ccccc1[N+](=O)[O-]. The maximum Gasteiger partial charge on any atom is 0.276 e. The summed E-state index contributed by atoms with van der Waals surface area (Å²) in [5.41, 5.74) is 4.20. The summed E-state index contributed by atoms with van der Waals surface area (Å²) in [6.45, 7) is 4.54. The summed E-state index contributed by atoms with van der Waals surface area (Å²) in [5.74, 6) is -0.193.